The van der Waals surface area contributed by atoms with E-state index in [1.807, 2.05) is 55.5 Å². The average molecular weight is 518 g/mol. The zero-order valence-corrected chi connectivity index (χ0v) is 20.2. The maximum atomic E-state index is 13.5. The molecule has 0 unspecified atom stereocenters. The maximum Gasteiger partial charge on any atom is 0.269 e. The smallest absolute Gasteiger partial charge is 0.269 e. The number of amides is 2. The van der Waals surface area contributed by atoms with Crippen molar-refractivity contribution in [2.24, 2.45) is 0 Å². The summed E-state index contributed by atoms with van der Waals surface area (Å²) in [6.45, 7) is 2.01. The molecule has 1 heterocycles. The predicted molar refractivity (Wildman–Crippen MR) is 136 cm³/mol. The first-order chi connectivity index (χ1) is 16.0. The third-order valence-corrected chi connectivity index (χ3v) is 7.08. The van der Waals surface area contributed by atoms with Gasteiger partial charge in [0.25, 0.3) is 5.91 Å². The number of aryl methyl sites for hydroxylation is 1. The number of benzene rings is 3. The van der Waals surface area contributed by atoms with Gasteiger partial charge in [0.15, 0.2) is 0 Å². The largest absolute Gasteiger partial charge is 0.321 e. The Balaban J connectivity index is 1.74. The number of carbonyl (C=O) groups is 2. The zero-order chi connectivity index (χ0) is 23.4. The number of hydrogen-bond acceptors (Lipinski definition) is 4. The number of thioether (sulfide) groups is 1. The van der Waals surface area contributed by atoms with E-state index in [0.29, 0.717) is 22.8 Å². The van der Waals surface area contributed by atoms with E-state index < -0.39 is 11.2 Å². The first-order valence-electron chi connectivity index (χ1n) is 10.3. The molecular formula is C26H20BrN3O2S. The fourth-order valence-electron chi connectivity index (χ4n) is 3.57. The summed E-state index contributed by atoms with van der Waals surface area (Å²) in [7, 11) is 0. The van der Waals surface area contributed by atoms with Gasteiger partial charge >= 0.3 is 0 Å². The van der Waals surface area contributed by atoms with E-state index in [1.54, 1.807) is 36.4 Å². The van der Waals surface area contributed by atoms with Crippen LogP contribution in [-0.2, 0) is 16.0 Å². The monoisotopic (exact) mass is 517 g/mol. The van der Waals surface area contributed by atoms with Gasteiger partial charge in [-0.1, -0.05) is 70.2 Å². The molecule has 0 saturated carbocycles. The number of nitriles is 1. The summed E-state index contributed by atoms with van der Waals surface area (Å²) >= 11 is 4.68. The van der Waals surface area contributed by atoms with Crippen LogP contribution in [0.2, 0.25) is 0 Å². The van der Waals surface area contributed by atoms with Crippen molar-refractivity contribution in [3.63, 3.8) is 0 Å². The molecule has 164 valence electrons. The predicted octanol–water partition coefficient (Wildman–Crippen LogP) is 5.82. The van der Waals surface area contributed by atoms with Crippen molar-refractivity contribution in [3.05, 3.63) is 105 Å². The highest BCUT2D eigenvalue weighted by Crippen LogP contribution is 2.42. The van der Waals surface area contributed by atoms with Crippen LogP contribution in [0.1, 0.15) is 11.1 Å². The van der Waals surface area contributed by atoms with Crippen molar-refractivity contribution in [1.29, 1.82) is 5.26 Å². The number of halogens is 1. The number of nitrogens with one attached hydrogen (secondary N) is 1. The summed E-state index contributed by atoms with van der Waals surface area (Å²) in [6, 6.07) is 26.1. The van der Waals surface area contributed by atoms with Crippen LogP contribution in [0.3, 0.4) is 0 Å². The van der Waals surface area contributed by atoms with Crippen LogP contribution in [0.15, 0.2) is 93.9 Å². The molecule has 2 amide bonds. The van der Waals surface area contributed by atoms with E-state index in [-0.39, 0.29) is 11.5 Å². The molecule has 0 aromatic heterocycles. The number of para-hydroxylation sites is 1. The molecule has 5 nitrogen and oxygen atoms in total. The third kappa shape index (κ3) is 5.03. The fraction of sp³-hybridized carbons (Fsp3) is 0.115. The SMILES string of the molecule is Cc1ccccc1C[C@H]1S/C(=C(/C#N)C(=O)Nc2ccccc2)N(c2ccc(Br)cc2)C1=O. The lowest BCUT2D eigenvalue weighted by atomic mass is 10.0. The van der Waals surface area contributed by atoms with Gasteiger partial charge in [-0.05, 0) is 60.9 Å². The second-order valence-corrected chi connectivity index (χ2v) is 9.61. The number of carbonyl (C=O) groups excluding carboxylic acids is 2. The summed E-state index contributed by atoms with van der Waals surface area (Å²) in [4.78, 5) is 28.1. The second-order valence-electron chi connectivity index (χ2n) is 7.50. The molecule has 3 aromatic carbocycles. The summed E-state index contributed by atoms with van der Waals surface area (Å²) in [5, 5.41) is 12.6. The molecule has 1 fully saturated rings. The lowest BCUT2D eigenvalue weighted by Crippen LogP contribution is -2.31. The lowest BCUT2D eigenvalue weighted by molar-refractivity contribution is -0.117. The van der Waals surface area contributed by atoms with Crippen LogP contribution in [-0.4, -0.2) is 17.1 Å². The molecule has 1 saturated heterocycles. The van der Waals surface area contributed by atoms with E-state index in [0.717, 1.165) is 15.6 Å². The lowest BCUT2D eigenvalue weighted by Gasteiger charge is -2.19. The van der Waals surface area contributed by atoms with Gasteiger partial charge in [-0.3, -0.25) is 14.5 Å². The summed E-state index contributed by atoms with van der Waals surface area (Å²) in [5.74, 6) is -0.696. The third-order valence-electron chi connectivity index (χ3n) is 5.29. The van der Waals surface area contributed by atoms with Crippen LogP contribution in [0, 0.1) is 18.3 Å². The molecule has 1 N–H and O–H groups in total. The standard InChI is InChI=1S/C26H20BrN3O2S/c1-17-7-5-6-8-18(17)15-23-25(32)30(21-13-11-19(27)12-14-21)26(33-23)22(16-28)24(31)29-20-9-3-2-4-10-20/h2-14,23H,15H2,1H3,(H,29,31)/b26-22-/t23-/m1/s1. The Morgan fingerprint density at radius 3 is 2.39 bits per heavy atom. The molecule has 1 atom stereocenters. The second kappa shape index (κ2) is 10.1. The Kier molecular flexibility index (Phi) is 6.97. The van der Waals surface area contributed by atoms with E-state index >= 15 is 0 Å². The molecule has 33 heavy (non-hydrogen) atoms. The Hall–Kier alpha value is -3.34. The quantitative estimate of drug-likeness (QED) is 0.341. The van der Waals surface area contributed by atoms with Gasteiger partial charge in [-0.25, -0.2) is 0 Å². The minimum atomic E-state index is -0.544. The van der Waals surface area contributed by atoms with Crippen molar-refractivity contribution in [1.82, 2.24) is 0 Å². The Labute approximate surface area is 205 Å². The first-order valence-corrected chi connectivity index (χ1v) is 12.0. The molecule has 0 spiro atoms. The number of anilines is 2. The van der Waals surface area contributed by atoms with Crippen LogP contribution < -0.4 is 10.2 Å². The molecular weight excluding hydrogens is 498 g/mol. The minimum absolute atomic E-state index is 0.0904. The molecule has 0 bridgehead atoms. The van der Waals surface area contributed by atoms with E-state index in [2.05, 4.69) is 21.2 Å². The van der Waals surface area contributed by atoms with Crippen molar-refractivity contribution >= 4 is 50.9 Å². The highest BCUT2D eigenvalue weighted by Gasteiger charge is 2.41. The summed E-state index contributed by atoms with van der Waals surface area (Å²) in [6.07, 6.45) is 0.506. The number of nitrogens with zero attached hydrogens (tertiary/aromatic N) is 2. The van der Waals surface area contributed by atoms with Crippen molar-refractivity contribution in [3.8, 4) is 6.07 Å². The van der Waals surface area contributed by atoms with Gasteiger partial charge in [0.2, 0.25) is 5.91 Å². The molecule has 3 aromatic rings. The van der Waals surface area contributed by atoms with E-state index in [4.69, 9.17) is 0 Å². The molecule has 1 aliphatic rings. The van der Waals surface area contributed by atoms with Gasteiger partial charge in [0, 0.05) is 15.8 Å². The number of rotatable bonds is 5. The topological polar surface area (TPSA) is 73.2 Å². The molecule has 0 aliphatic carbocycles. The van der Waals surface area contributed by atoms with Gasteiger partial charge in [-0.2, -0.15) is 5.26 Å². The maximum absolute atomic E-state index is 13.5. The molecule has 4 rings (SSSR count). The summed E-state index contributed by atoms with van der Waals surface area (Å²) < 4.78 is 0.870. The van der Waals surface area contributed by atoms with Crippen molar-refractivity contribution < 1.29 is 9.59 Å². The average Bonchev–Trinajstić information content (AvgIpc) is 3.12. The van der Waals surface area contributed by atoms with Crippen LogP contribution in [0.25, 0.3) is 0 Å². The Morgan fingerprint density at radius 2 is 1.73 bits per heavy atom. The first kappa shape index (κ1) is 22.8. The zero-order valence-electron chi connectivity index (χ0n) is 17.8. The van der Waals surface area contributed by atoms with Crippen LogP contribution in [0.5, 0.6) is 0 Å². The molecule has 7 heteroatoms. The highest BCUT2D eigenvalue weighted by atomic mass is 79.9. The van der Waals surface area contributed by atoms with Crippen molar-refractivity contribution in [2.75, 3.05) is 10.2 Å². The minimum Gasteiger partial charge on any atom is -0.321 e. The normalized spacial score (nSPS) is 16.9. The fourth-order valence-corrected chi connectivity index (χ4v) is 5.13. The molecule has 0 radical (unpaired) electrons. The van der Waals surface area contributed by atoms with Crippen LogP contribution >= 0.6 is 27.7 Å². The van der Waals surface area contributed by atoms with Gasteiger partial charge in [0.1, 0.15) is 16.7 Å². The van der Waals surface area contributed by atoms with Gasteiger partial charge in [0.05, 0.1) is 5.25 Å². The number of hydrogen-bond donors (Lipinski definition) is 1. The van der Waals surface area contributed by atoms with Crippen molar-refractivity contribution in [2.45, 2.75) is 18.6 Å². The van der Waals surface area contributed by atoms with E-state index in [9.17, 15) is 14.9 Å². The van der Waals surface area contributed by atoms with Gasteiger partial charge in [-0.15, -0.1) is 0 Å². The van der Waals surface area contributed by atoms with Crippen LogP contribution in [0.4, 0.5) is 11.4 Å². The Morgan fingerprint density at radius 1 is 1.06 bits per heavy atom. The summed E-state index contributed by atoms with van der Waals surface area (Å²) in [5.41, 5.74) is 3.26. The molecule has 1 aliphatic heterocycles. The van der Waals surface area contributed by atoms with E-state index in [1.165, 1.54) is 16.7 Å². The Bertz CT molecular complexity index is 1270. The van der Waals surface area contributed by atoms with Gasteiger partial charge < -0.3 is 5.32 Å². The highest BCUT2D eigenvalue weighted by molar-refractivity contribution is 9.10.